The lowest BCUT2D eigenvalue weighted by Gasteiger charge is -2.40. The number of likely N-dealkylation sites (tertiary alicyclic amines) is 2. The number of urea groups is 1. The maximum Gasteiger partial charge on any atom is 0.419 e. The standard InChI is InChI=1S/C37H34F10N8O2S/c1-2-55(19-6-9-52(14-19)33(56)53-15-35(40,41)16-53)31-21-10-23(36(42,43)44)26(20-4-5-24(39)29-25(20)22(12-48)30(49)58-29)27(37(45,46)47)28(21)50-32(51-31)57-17-34-7-3-8-54(34)13-18(38)11-34/h4-5,10,18-19H,2-3,6-9,11,13-17,49H2,1H3/t18-,19+,34+/m1/s1. The molecular formula is C37H34F10N8O2S. The van der Waals surface area contributed by atoms with Gasteiger partial charge in [0.05, 0.1) is 45.5 Å². The Morgan fingerprint density at radius 1 is 1.10 bits per heavy atom. The van der Waals surface area contributed by atoms with Gasteiger partial charge in [0, 0.05) is 55.0 Å². The van der Waals surface area contributed by atoms with Crippen molar-refractivity contribution in [2.45, 2.75) is 68.6 Å². The van der Waals surface area contributed by atoms with Crippen LogP contribution in [0.2, 0.25) is 0 Å². The van der Waals surface area contributed by atoms with Gasteiger partial charge in [-0.1, -0.05) is 6.07 Å². The van der Waals surface area contributed by atoms with Crippen molar-refractivity contribution in [2.24, 2.45) is 0 Å². The second kappa shape index (κ2) is 13.9. The predicted octanol–water partition coefficient (Wildman–Crippen LogP) is 8.07. The van der Waals surface area contributed by atoms with Crippen LogP contribution in [0.4, 0.5) is 59.5 Å². The fourth-order valence-electron chi connectivity index (χ4n) is 9.05. The quantitative estimate of drug-likeness (QED) is 0.186. The number of aromatic nitrogens is 2. The molecule has 0 radical (unpaired) electrons. The van der Waals surface area contributed by atoms with Crippen LogP contribution in [0.5, 0.6) is 6.01 Å². The first kappa shape index (κ1) is 40.0. The molecule has 4 fully saturated rings. The van der Waals surface area contributed by atoms with E-state index in [1.54, 1.807) is 13.0 Å². The van der Waals surface area contributed by atoms with Crippen molar-refractivity contribution in [3.05, 3.63) is 40.7 Å². The number of nitrogen functional groups attached to an aromatic ring is 1. The lowest BCUT2D eigenvalue weighted by Crippen LogP contribution is -2.61. The van der Waals surface area contributed by atoms with E-state index in [-0.39, 0.29) is 50.6 Å². The van der Waals surface area contributed by atoms with E-state index in [0.29, 0.717) is 42.9 Å². The Morgan fingerprint density at radius 3 is 2.50 bits per heavy atom. The zero-order valence-electron chi connectivity index (χ0n) is 30.6. The smallest absolute Gasteiger partial charge is 0.419 e. The van der Waals surface area contributed by atoms with Crippen molar-refractivity contribution in [3.63, 3.8) is 0 Å². The highest BCUT2D eigenvalue weighted by atomic mass is 32.1. The van der Waals surface area contributed by atoms with Gasteiger partial charge in [-0.05, 0) is 50.4 Å². The van der Waals surface area contributed by atoms with Gasteiger partial charge in [-0.3, -0.25) is 4.90 Å². The second-order valence-corrected chi connectivity index (χ2v) is 16.2. The molecule has 8 rings (SSSR count). The first-order chi connectivity index (χ1) is 27.2. The average Bonchev–Trinajstić information content (AvgIpc) is 3.91. The van der Waals surface area contributed by atoms with Gasteiger partial charge in [-0.15, -0.1) is 11.3 Å². The van der Waals surface area contributed by atoms with Crippen LogP contribution in [0, 0.1) is 17.1 Å². The summed E-state index contributed by atoms with van der Waals surface area (Å²) in [5.41, 5.74) is -2.26. The molecule has 0 spiro atoms. The molecule has 0 aliphatic carbocycles. The van der Waals surface area contributed by atoms with Crippen molar-refractivity contribution in [3.8, 4) is 23.2 Å². The number of anilines is 2. The van der Waals surface area contributed by atoms with Gasteiger partial charge in [-0.2, -0.15) is 41.6 Å². The molecule has 310 valence electrons. The number of benzene rings is 2. The zero-order valence-corrected chi connectivity index (χ0v) is 31.4. The van der Waals surface area contributed by atoms with E-state index in [1.807, 2.05) is 4.90 Å². The Labute approximate surface area is 327 Å². The number of rotatable bonds is 7. The molecule has 6 heterocycles. The summed E-state index contributed by atoms with van der Waals surface area (Å²) < 4.78 is 156. The number of hydrogen-bond donors (Lipinski definition) is 1. The predicted molar refractivity (Wildman–Crippen MR) is 193 cm³/mol. The van der Waals surface area contributed by atoms with E-state index in [4.69, 9.17) is 10.5 Å². The summed E-state index contributed by atoms with van der Waals surface area (Å²) >= 11 is 0.496. The molecule has 2 aromatic carbocycles. The highest BCUT2D eigenvalue weighted by Gasteiger charge is 2.51. The van der Waals surface area contributed by atoms with Crippen LogP contribution in [0.25, 0.3) is 32.1 Å². The molecule has 0 bridgehead atoms. The number of halogens is 10. The Morgan fingerprint density at radius 2 is 1.84 bits per heavy atom. The molecule has 2 aromatic heterocycles. The Bertz CT molecular complexity index is 2360. The number of nitrogens with zero attached hydrogens (tertiary/aromatic N) is 7. The summed E-state index contributed by atoms with van der Waals surface area (Å²) in [6, 6.07) is 1.49. The molecule has 21 heteroatoms. The number of ether oxygens (including phenoxy) is 1. The zero-order chi connectivity index (χ0) is 41.7. The monoisotopic (exact) mass is 844 g/mol. The summed E-state index contributed by atoms with van der Waals surface area (Å²) in [7, 11) is 0. The Kier molecular flexibility index (Phi) is 9.57. The lowest BCUT2D eigenvalue weighted by molar-refractivity contribution is -0.141. The average molecular weight is 845 g/mol. The minimum Gasteiger partial charge on any atom is -0.461 e. The van der Waals surface area contributed by atoms with Gasteiger partial charge in [0.2, 0.25) is 0 Å². The number of thiophene rings is 1. The maximum absolute atomic E-state index is 15.7. The van der Waals surface area contributed by atoms with Crippen LogP contribution in [0.15, 0.2) is 18.2 Å². The molecule has 4 aliphatic rings. The first-order valence-corrected chi connectivity index (χ1v) is 19.2. The molecule has 2 amide bonds. The minimum atomic E-state index is -5.58. The van der Waals surface area contributed by atoms with E-state index < -0.39 is 122 Å². The van der Waals surface area contributed by atoms with Crippen molar-refractivity contribution in [2.75, 3.05) is 63.1 Å². The summed E-state index contributed by atoms with van der Waals surface area (Å²) in [6.07, 6.45) is -10.8. The minimum absolute atomic E-state index is 0.0501. The van der Waals surface area contributed by atoms with E-state index >= 15 is 30.7 Å². The van der Waals surface area contributed by atoms with Crippen LogP contribution in [0.1, 0.15) is 49.3 Å². The molecule has 4 aliphatic heterocycles. The highest BCUT2D eigenvalue weighted by molar-refractivity contribution is 7.23. The number of nitriles is 1. The van der Waals surface area contributed by atoms with Crippen molar-refractivity contribution < 1.29 is 53.4 Å². The van der Waals surface area contributed by atoms with Crippen molar-refractivity contribution in [1.29, 1.82) is 5.26 Å². The van der Waals surface area contributed by atoms with Crippen LogP contribution < -0.4 is 15.4 Å². The molecule has 2 N–H and O–H groups in total. The fraction of sp³-hybridized carbons (Fsp3) is 0.514. The topological polar surface area (TPSA) is 115 Å². The van der Waals surface area contributed by atoms with Crippen LogP contribution in [-0.4, -0.2) is 107 Å². The third kappa shape index (κ3) is 6.65. The largest absolute Gasteiger partial charge is 0.461 e. The number of amides is 2. The van der Waals surface area contributed by atoms with Gasteiger partial charge in [-0.25, -0.2) is 22.4 Å². The van der Waals surface area contributed by atoms with Gasteiger partial charge in [0.1, 0.15) is 35.5 Å². The number of carbonyl (C=O) groups is 1. The summed E-state index contributed by atoms with van der Waals surface area (Å²) in [6.45, 7) is 0.299. The van der Waals surface area contributed by atoms with Crippen LogP contribution in [0.3, 0.4) is 0 Å². The molecular weight excluding hydrogens is 811 g/mol. The third-order valence-corrected chi connectivity index (χ3v) is 12.6. The van der Waals surface area contributed by atoms with Gasteiger partial charge in [0.25, 0.3) is 5.92 Å². The summed E-state index contributed by atoms with van der Waals surface area (Å²) in [5.74, 6) is -4.46. The van der Waals surface area contributed by atoms with E-state index in [1.165, 1.54) is 9.80 Å². The van der Waals surface area contributed by atoms with Crippen LogP contribution >= 0.6 is 11.3 Å². The molecule has 0 unspecified atom stereocenters. The number of nitrogens with two attached hydrogens (primary N) is 1. The summed E-state index contributed by atoms with van der Waals surface area (Å²) in [5, 5.41) is 8.35. The highest BCUT2D eigenvalue weighted by Crippen LogP contribution is 2.52. The summed E-state index contributed by atoms with van der Waals surface area (Å²) in [4.78, 5) is 27.1. The van der Waals surface area contributed by atoms with Gasteiger partial charge >= 0.3 is 24.4 Å². The van der Waals surface area contributed by atoms with Crippen molar-refractivity contribution in [1.82, 2.24) is 24.7 Å². The molecule has 10 nitrogen and oxygen atoms in total. The SMILES string of the molecule is CCN(c1nc(OC[C@@]23CCCN2C[C@H](F)C3)nc2c(C(F)(F)F)c(-c3ccc(F)c4sc(N)c(C#N)c34)c(C(F)(F)F)cc12)[C@H]1CCN(C(=O)N2CC(F)(F)C2)C1. The number of hydrogen-bond acceptors (Lipinski definition) is 9. The van der Waals surface area contributed by atoms with Crippen LogP contribution in [-0.2, 0) is 12.4 Å². The number of alkyl halides is 9. The van der Waals surface area contributed by atoms with Gasteiger partial charge < -0.3 is 25.2 Å². The number of likely N-dealkylation sites (N-methyl/N-ethyl adjacent to an activating group) is 1. The second-order valence-electron chi connectivity index (χ2n) is 15.2. The lowest BCUT2D eigenvalue weighted by atomic mass is 9.88. The van der Waals surface area contributed by atoms with Gasteiger partial charge in [0.15, 0.2) is 0 Å². The first-order valence-electron chi connectivity index (χ1n) is 18.4. The molecule has 4 saturated heterocycles. The van der Waals surface area contributed by atoms with E-state index in [0.717, 1.165) is 11.0 Å². The maximum atomic E-state index is 15.7. The Balaban J connectivity index is 1.34. The molecule has 0 saturated carbocycles. The number of carbonyl (C=O) groups excluding carboxylic acids is 1. The normalized spacial score (nSPS) is 23.4. The van der Waals surface area contributed by atoms with E-state index in [9.17, 15) is 23.2 Å². The third-order valence-electron chi connectivity index (χ3n) is 11.6. The molecule has 58 heavy (non-hydrogen) atoms. The fourth-order valence-corrected chi connectivity index (χ4v) is 10.00. The van der Waals surface area contributed by atoms with Crippen molar-refractivity contribution >= 4 is 49.2 Å². The Hall–Kier alpha value is -4.84. The number of fused-ring (bicyclic) bond motifs is 3. The molecule has 4 aromatic rings. The van der Waals surface area contributed by atoms with E-state index in [2.05, 4.69) is 9.97 Å². The molecule has 3 atom stereocenters.